The second-order valence-corrected chi connectivity index (χ2v) is 8.02. The highest BCUT2D eigenvalue weighted by Gasteiger charge is 2.25. The van der Waals surface area contributed by atoms with Crippen LogP contribution in [0.25, 0.3) is 0 Å². The van der Waals surface area contributed by atoms with Crippen LogP contribution in [-0.4, -0.2) is 31.2 Å². The molecule has 1 aliphatic carbocycles. The summed E-state index contributed by atoms with van der Waals surface area (Å²) in [6.07, 6.45) is 2.93. The van der Waals surface area contributed by atoms with Crippen molar-refractivity contribution >= 4 is 17.5 Å². The summed E-state index contributed by atoms with van der Waals surface area (Å²) >= 11 is 5.85. The Bertz CT molecular complexity index is 872. The lowest BCUT2D eigenvalue weighted by atomic mass is 10.1. The number of carbonyl (C=O) groups is 1. The number of fused-ring (bicyclic) bond motifs is 1. The van der Waals surface area contributed by atoms with Gasteiger partial charge in [-0.25, -0.2) is 4.39 Å². The van der Waals surface area contributed by atoms with Gasteiger partial charge in [-0.15, -0.1) is 0 Å². The maximum atomic E-state index is 13.4. The molecule has 7 heteroatoms. The van der Waals surface area contributed by atoms with Crippen molar-refractivity contribution in [1.29, 1.82) is 0 Å². The molecule has 1 saturated carbocycles. The predicted molar refractivity (Wildman–Crippen MR) is 109 cm³/mol. The van der Waals surface area contributed by atoms with Crippen LogP contribution in [0.3, 0.4) is 0 Å². The van der Waals surface area contributed by atoms with Crippen LogP contribution >= 0.6 is 11.6 Å². The number of hydrogen-bond donors (Lipinski definition) is 2. The Kier molecular flexibility index (Phi) is 6.21. The molecule has 2 aromatic rings. The van der Waals surface area contributed by atoms with Gasteiger partial charge in [-0.3, -0.25) is 4.79 Å². The molecule has 0 spiro atoms. The summed E-state index contributed by atoms with van der Waals surface area (Å²) in [7, 11) is 0. The molecular weight excluding hydrogens is 395 g/mol. The first-order chi connectivity index (χ1) is 14.0. The average Bonchev–Trinajstić information content (AvgIpc) is 3.12. The summed E-state index contributed by atoms with van der Waals surface area (Å²) in [5.41, 5.74) is 1.73. The van der Waals surface area contributed by atoms with E-state index in [0.29, 0.717) is 29.8 Å². The highest BCUT2D eigenvalue weighted by atomic mass is 35.5. The molecule has 0 saturated heterocycles. The van der Waals surface area contributed by atoms with Gasteiger partial charge in [0.1, 0.15) is 19.0 Å². The summed E-state index contributed by atoms with van der Waals surface area (Å²) in [5.74, 6) is 1.06. The van der Waals surface area contributed by atoms with E-state index in [-0.39, 0.29) is 18.4 Å². The van der Waals surface area contributed by atoms with Crippen molar-refractivity contribution in [3.8, 4) is 11.5 Å². The Morgan fingerprint density at radius 3 is 2.66 bits per heavy atom. The van der Waals surface area contributed by atoms with Crippen LogP contribution in [0.15, 0.2) is 36.4 Å². The Hall–Kier alpha value is -2.31. The van der Waals surface area contributed by atoms with E-state index >= 15 is 0 Å². The predicted octanol–water partition coefficient (Wildman–Crippen LogP) is 3.62. The highest BCUT2D eigenvalue weighted by molar-refractivity contribution is 6.30. The van der Waals surface area contributed by atoms with Crippen molar-refractivity contribution < 1.29 is 18.7 Å². The van der Waals surface area contributed by atoms with Gasteiger partial charge in [-0.05, 0) is 60.7 Å². The fourth-order valence-electron chi connectivity index (χ4n) is 3.94. The average molecular weight is 419 g/mol. The first-order valence-corrected chi connectivity index (χ1v) is 10.3. The first-order valence-electron chi connectivity index (χ1n) is 9.91. The molecule has 0 aromatic heterocycles. The molecule has 0 bridgehead atoms. The van der Waals surface area contributed by atoms with Crippen LogP contribution < -0.4 is 20.1 Å². The molecule has 0 radical (unpaired) electrons. The van der Waals surface area contributed by atoms with Gasteiger partial charge in [-0.1, -0.05) is 17.7 Å². The van der Waals surface area contributed by atoms with E-state index < -0.39 is 5.82 Å². The molecule has 1 fully saturated rings. The number of ether oxygens (including phenoxy) is 2. The Labute approximate surface area is 174 Å². The number of amides is 1. The maximum absolute atomic E-state index is 13.4. The summed E-state index contributed by atoms with van der Waals surface area (Å²) < 4.78 is 24.6. The molecule has 2 aromatic carbocycles. The zero-order chi connectivity index (χ0) is 20.2. The van der Waals surface area contributed by atoms with Crippen molar-refractivity contribution in [2.75, 3.05) is 13.2 Å². The standard InChI is InChI=1S/C22H24ClFN2O3/c23-16-7-15(8-17(24)11-16)10-22(27)26-19-3-2-18(12-19)25-13-14-1-4-20-21(9-14)29-6-5-28-20/h1,4,7-9,11,18-19,25H,2-3,5-6,10,12-13H2,(H,26,27)/t18-,19-/m0/s1. The van der Waals surface area contributed by atoms with Gasteiger partial charge in [0.05, 0.1) is 6.42 Å². The van der Waals surface area contributed by atoms with Crippen LogP contribution in [0.2, 0.25) is 5.02 Å². The summed E-state index contributed by atoms with van der Waals surface area (Å²) in [4.78, 5) is 12.3. The van der Waals surface area contributed by atoms with E-state index in [2.05, 4.69) is 10.6 Å². The van der Waals surface area contributed by atoms with E-state index in [1.54, 1.807) is 6.07 Å². The normalized spacial score (nSPS) is 20.5. The van der Waals surface area contributed by atoms with E-state index in [1.807, 2.05) is 18.2 Å². The maximum Gasteiger partial charge on any atom is 0.224 e. The fourth-order valence-corrected chi connectivity index (χ4v) is 4.18. The van der Waals surface area contributed by atoms with Crippen LogP contribution in [0.1, 0.15) is 30.4 Å². The molecule has 1 aliphatic heterocycles. The van der Waals surface area contributed by atoms with Crippen molar-refractivity contribution in [3.05, 3.63) is 58.4 Å². The minimum Gasteiger partial charge on any atom is -0.486 e. The molecule has 1 amide bonds. The highest BCUT2D eigenvalue weighted by Crippen LogP contribution is 2.31. The van der Waals surface area contributed by atoms with E-state index in [9.17, 15) is 9.18 Å². The van der Waals surface area contributed by atoms with Crippen LogP contribution in [0, 0.1) is 5.82 Å². The number of rotatable bonds is 6. The topological polar surface area (TPSA) is 59.6 Å². The number of nitrogens with one attached hydrogen (secondary N) is 2. The van der Waals surface area contributed by atoms with Gasteiger partial charge < -0.3 is 20.1 Å². The van der Waals surface area contributed by atoms with E-state index in [1.165, 1.54) is 12.1 Å². The molecular formula is C22H24ClFN2O3. The largest absolute Gasteiger partial charge is 0.486 e. The summed E-state index contributed by atoms with van der Waals surface area (Å²) in [6, 6.07) is 10.7. The second kappa shape index (κ2) is 9.01. The van der Waals surface area contributed by atoms with Crippen molar-refractivity contribution in [1.82, 2.24) is 10.6 Å². The zero-order valence-corrected chi connectivity index (χ0v) is 16.8. The zero-order valence-electron chi connectivity index (χ0n) is 16.0. The monoisotopic (exact) mass is 418 g/mol. The van der Waals surface area contributed by atoms with Gasteiger partial charge in [-0.2, -0.15) is 0 Å². The van der Waals surface area contributed by atoms with Gasteiger partial charge in [0.25, 0.3) is 0 Å². The minimum absolute atomic E-state index is 0.107. The van der Waals surface area contributed by atoms with Gasteiger partial charge in [0.15, 0.2) is 11.5 Å². The van der Waals surface area contributed by atoms with Gasteiger partial charge in [0, 0.05) is 23.7 Å². The van der Waals surface area contributed by atoms with Crippen molar-refractivity contribution in [2.24, 2.45) is 0 Å². The summed E-state index contributed by atoms with van der Waals surface area (Å²) in [5, 5.41) is 6.92. The Balaban J connectivity index is 1.23. The number of carbonyl (C=O) groups excluding carboxylic acids is 1. The van der Waals surface area contributed by atoms with Gasteiger partial charge >= 0.3 is 0 Å². The lowest BCUT2D eigenvalue weighted by molar-refractivity contribution is -0.121. The molecule has 4 rings (SSSR count). The van der Waals surface area contributed by atoms with Crippen molar-refractivity contribution in [2.45, 2.75) is 44.3 Å². The molecule has 2 aliphatic rings. The SMILES string of the molecule is O=C(Cc1cc(F)cc(Cl)c1)N[C@H]1CC[C@H](NCc2ccc3c(c2)OCCO3)C1. The Morgan fingerprint density at radius 2 is 1.83 bits per heavy atom. The third kappa shape index (κ3) is 5.40. The molecule has 2 N–H and O–H groups in total. The number of hydrogen-bond acceptors (Lipinski definition) is 4. The second-order valence-electron chi connectivity index (χ2n) is 7.59. The molecule has 29 heavy (non-hydrogen) atoms. The lowest BCUT2D eigenvalue weighted by Gasteiger charge is -2.19. The van der Waals surface area contributed by atoms with Crippen LogP contribution in [-0.2, 0) is 17.8 Å². The molecule has 5 nitrogen and oxygen atoms in total. The smallest absolute Gasteiger partial charge is 0.224 e. The minimum atomic E-state index is -0.426. The molecule has 0 unspecified atom stereocenters. The quantitative estimate of drug-likeness (QED) is 0.752. The van der Waals surface area contributed by atoms with E-state index in [0.717, 1.165) is 42.9 Å². The third-order valence-electron chi connectivity index (χ3n) is 5.29. The third-order valence-corrected chi connectivity index (χ3v) is 5.50. The molecule has 154 valence electrons. The lowest BCUT2D eigenvalue weighted by Crippen LogP contribution is -2.36. The molecule has 2 atom stereocenters. The summed E-state index contributed by atoms with van der Waals surface area (Å²) in [6.45, 7) is 1.91. The Morgan fingerprint density at radius 1 is 1.03 bits per heavy atom. The van der Waals surface area contributed by atoms with Crippen LogP contribution in [0.5, 0.6) is 11.5 Å². The van der Waals surface area contributed by atoms with E-state index in [4.69, 9.17) is 21.1 Å². The van der Waals surface area contributed by atoms with Gasteiger partial charge in [0.2, 0.25) is 5.91 Å². The molecule has 1 heterocycles. The first kappa shape index (κ1) is 20.0. The van der Waals surface area contributed by atoms with Crippen molar-refractivity contribution in [3.63, 3.8) is 0 Å². The number of halogens is 2. The fraction of sp³-hybridized carbons (Fsp3) is 0.409. The number of benzene rings is 2. The van der Waals surface area contributed by atoms with Crippen LogP contribution in [0.4, 0.5) is 4.39 Å².